The van der Waals surface area contributed by atoms with Crippen LogP contribution in [0.1, 0.15) is 11.1 Å². The number of hydrogen-bond acceptors (Lipinski definition) is 4. The zero-order chi connectivity index (χ0) is 19.6. The van der Waals surface area contributed by atoms with Crippen molar-refractivity contribution < 1.29 is 14.2 Å². The molecule has 0 fully saturated rings. The average Bonchev–Trinajstić information content (AvgIpc) is 2.70. The number of nitrogens with zero attached hydrogens (tertiary/aromatic N) is 1. The SMILES string of the molecule is CN=C(NCCc1ccc(Cl)cc1)NCc1cc(OC)c(OC)c(OC)c1. The highest BCUT2D eigenvalue weighted by molar-refractivity contribution is 6.30. The summed E-state index contributed by atoms with van der Waals surface area (Å²) in [5, 5.41) is 7.33. The van der Waals surface area contributed by atoms with Gasteiger partial charge in [0, 0.05) is 25.2 Å². The van der Waals surface area contributed by atoms with Crippen LogP contribution in [0.4, 0.5) is 0 Å². The van der Waals surface area contributed by atoms with E-state index < -0.39 is 0 Å². The molecule has 0 bridgehead atoms. The summed E-state index contributed by atoms with van der Waals surface area (Å²) in [6, 6.07) is 11.7. The van der Waals surface area contributed by atoms with E-state index in [9.17, 15) is 0 Å². The third-order valence-corrected chi connectivity index (χ3v) is 4.28. The number of ether oxygens (including phenoxy) is 3. The molecule has 0 atom stereocenters. The molecule has 0 heterocycles. The van der Waals surface area contributed by atoms with E-state index >= 15 is 0 Å². The third-order valence-electron chi connectivity index (χ3n) is 4.03. The molecule has 0 saturated heterocycles. The van der Waals surface area contributed by atoms with E-state index in [4.69, 9.17) is 25.8 Å². The molecular weight excluding hydrogens is 366 g/mol. The van der Waals surface area contributed by atoms with Crippen molar-refractivity contribution in [2.45, 2.75) is 13.0 Å². The van der Waals surface area contributed by atoms with Crippen LogP contribution in [0.25, 0.3) is 0 Å². The second-order valence-electron chi connectivity index (χ2n) is 5.76. The van der Waals surface area contributed by atoms with Crippen molar-refractivity contribution in [3.05, 3.63) is 52.5 Å². The van der Waals surface area contributed by atoms with Gasteiger partial charge >= 0.3 is 0 Å². The summed E-state index contributed by atoms with van der Waals surface area (Å²) in [7, 11) is 6.54. The van der Waals surface area contributed by atoms with Crippen molar-refractivity contribution in [2.24, 2.45) is 4.99 Å². The zero-order valence-electron chi connectivity index (χ0n) is 16.1. The Kier molecular flexibility index (Phi) is 8.07. The second-order valence-corrected chi connectivity index (χ2v) is 6.20. The Hall–Kier alpha value is -2.60. The highest BCUT2D eigenvalue weighted by Crippen LogP contribution is 2.38. The van der Waals surface area contributed by atoms with Crippen LogP contribution in [0.2, 0.25) is 5.02 Å². The van der Waals surface area contributed by atoms with E-state index in [0.717, 1.165) is 29.5 Å². The Morgan fingerprint density at radius 2 is 1.56 bits per heavy atom. The lowest BCUT2D eigenvalue weighted by molar-refractivity contribution is 0.323. The fourth-order valence-corrected chi connectivity index (χ4v) is 2.75. The summed E-state index contributed by atoms with van der Waals surface area (Å²) in [5.41, 5.74) is 2.21. The van der Waals surface area contributed by atoms with Crippen molar-refractivity contribution >= 4 is 17.6 Å². The van der Waals surface area contributed by atoms with Gasteiger partial charge in [-0.05, 0) is 41.8 Å². The van der Waals surface area contributed by atoms with Crippen LogP contribution >= 0.6 is 11.6 Å². The third kappa shape index (κ3) is 5.96. The summed E-state index contributed by atoms with van der Waals surface area (Å²) in [6.45, 7) is 1.33. The molecule has 146 valence electrons. The van der Waals surface area contributed by atoms with Gasteiger partial charge in [-0.15, -0.1) is 0 Å². The number of aliphatic imine (C=N–C) groups is 1. The number of rotatable bonds is 8. The molecule has 2 rings (SSSR count). The number of methoxy groups -OCH3 is 3. The molecule has 2 N–H and O–H groups in total. The van der Waals surface area contributed by atoms with Crippen LogP contribution in [0.3, 0.4) is 0 Å². The van der Waals surface area contributed by atoms with Crippen LogP contribution in [0, 0.1) is 0 Å². The molecule has 0 aliphatic carbocycles. The molecule has 0 amide bonds. The average molecular weight is 392 g/mol. The van der Waals surface area contributed by atoms with E-state index in [1.165, 1.54) is 5.56 Å². The second kappa shape index (κ2) is 10.5. The first-order valence-corrected chi connectivity index (χ1v) is 8.97. The van der Waals surface area contributed by atoms with Crippen LogP contribution in [-0.2, 0) is 13.0 Å². The smallest absolute Gasteiger partial charge is 0.203 e. The molecule has 7 heteroatoms. The van der Waals surface area contributed by atoms with Crippen LogP contribution < -0.4 is 24.8 Å². The largest absolute Gasteiger partial charge is 0.493 e. The highest BCUT2D eigenvalue weighted by Gasteiger charge is 2.13. The van der Waals surface area contributed by atoms with Gasteiger partial charge in [0.1, 0.15) is 0 Å². The van der Waals surface area contributed by atoms with Crippen molar-refractivity contribution in [2.75, 3.05) is 34.9 Å². The number of hydrogen-bond donors (Lipinski definition) is 2. The normalized spacial score (nSPS) is 11.1. The first-order chi connectivity index (χ1) is 13.1. The predicted octanol–water partition coefficient (Wildman–Crippen LogP) is 3.27. The molecule has 0 aromatic heterocycles. The lowest BCUT2D eigenvalue weighted by Crippen LogP contribution is -2.37. The van der Waals surface area contributed by atoms with Gasteiger partial charge in [0.2, 0.25) is 5.75 Å². The van der Waals surface area contributed by atoms with Gasteiger partial charge in [-0.25, -0.2) is 0 Å². The predicted molar refractivity (Wildman–Crippen MR) is 109 cm³/mol. The van der Waals surface area contributed by atoms with E-state index in [1.54, 1.807) is 28.4 Å². The van der Waals surface area contributed by atoms with E-state index in [1.807, 2.05) is 36.4 Å². The van der Waals surface area contributed by atoms with Crippen molar-refractivity contribution in [3.63, 3.8) is 0 Å². The zero-order valence-corrected chi connectivity index (χ0v) is 16.9. The molecule has 6 nitrogen and oxygen atoms in total. The molecule has 0 saturated carbocycles. The molecule has 27 heavy (non-hydrogen) atoms. The monoisotopic (exact) mass is 391 g/mol. The lowest BCUT2D eigenvalue weighted by atomic mass is 10.1. The maximum Gasteiger partial charge on any atom is 0.203 e. The van der Waals surface area contributed by atoms with Gasteiger partial charge in [0.25, 0.3) is 0 Å². The lowest BCUT2D eigenvalue weighted by Gasteiger charge is -2.16. The molecule has 2 aromatic rings. The fourth-order valence-electron chi connectivity index (χ4n) is 2.62. The quantitative estimate of drug-likeness (QED) is 0.534. The number of guanidine groups is 1. The van der Waals surface area contributed by atoms with Gasteiger partial charge in [-0.2, -0.15) is 0 Å². The Bertz CT molecular complexity index is 739. The Morgan fingerprint density at radius 1 is 0.926 bits per heavy atom. The summed E-state index contributed by atoms with van der Waals surface area (Å²) in [5.74, 6) is 2.55. The van der Waals surface area contributed by atoms with Crippen molar-refractivity contribution in [1.82, 2.24) is 10.6 Å². The summed E-state index contributed by atoms with van der Waals surface area (Å²) < 4.78 is 16.1. The van der Waals surface area contributed by atoms with Crippen LogP contribution in [0.5, 0.6) is 17.2 Å². The van der Waals surface area contributed by atoms with Crippen LogP contribution in [0.15, 0.2) is 41.4 Å². The fraction of sp³-hybridized carbons (Fsp3) is 0.350. The number of nitrogens with one attached hydrogen (secondary N) is 2. The summed E-state index contributed by atoms with van der Waals surface area (Å²) >= 11 is 5.91. The maximum absolute atomic E-state index is 5.91. The van der Waals surface area contributed by atoms with E-state index in [-0.39, 0.29) is 0 Å². The molecule has 0 spiro atoms. The highest BCUT2D eigenvalue weighted by atomic mass is 35.5. The Labute approximate surface area is 165 Å². The topological polar surface area (TPSA) is 64.1 Å². The molecule has 0 radical (unpaired) electrons. The van der Waals surface area contributed by atoms with Gasteiger partial charge in [-0.3, -0.25) is 4.99 Å². The molecule has 0 aliphatic heterocycles. The minimum absolute atomic E-state index is 0.567. The van der Waals surface area contributed by atoms with Gasteiger partial charge in [0.05, 0.1) is 21.3 Å². The first-order valence-electron chi connectivity index (χ1n) is 8.59. The first kappa shape index (κ1) is 20.7. The van der Waals surface area contributed by atoms with E-state index in [0.29, 0.717) is 23.8 Å². The molecule has 0 aliphatic rings. The van der Waals surface area contributed by atoms with Gasteiger partial charge in [-0.1, -0.05) is 23.7 Å². The standard InChI is InChI=1S/C20H26ClN3O3/c1-22-20(23-10-9-14-5-7-16(21)8-6-14)24-13-15-11-17(25-2)19(27-4)18(12-15)26-3/h5-8,11-12H,9-10,13H2,1-4H3,(H2,22,23,24). The maximum atomic E-state index is 5.91. The van der Waals surface area contributed by atoms with Gasteiger partial charge < -0.3 is 24.8 Å². The van der Waals surface area contributed by atoms with Crippen LogP contribution in [-0.4, -0.2) is 40.9 Å². The summed E-state index contributed by atoms with van der Waals surface area (Å²) in [6.07, 6.45) is 0.877. The number of benzene rings is 2. The minimum Gasteiger partial charge on any atom is -0.493 e. The molecule has 0 unspecified atom stereocenters. The Morgan fingerprint density at radius 3 is 2.07 bits per heavy atom. The van der Waals surface area contributed by atoms with Crippen molar-refractivity contribution in [3.8, 4) is 17.2 Å². The molecular formula is C20H26ClN3O3. The summed E-state index contributed by atoms with van der Waals surface area (Å²) in [4.78, 5) is 4.25. The van der Waals surface area contributed by atoms with Gasteiger partial charge in [0.15, 0.2) is 17.5 Å². The number of halogens is 1. The minimum atomic E-state index is 0.567. The molecule has 2 aromatic carbocycles. The Balaban J connectivity index is 1.92. The van der Waals surface area contributed by atoms with E-state index in [2.05, 4.69) is 15.6 Å². The van der Waals surface area contributed by atoms with Crippen molar-refractivity contribution in [1.29, 1.82) is 0 Å².